The Kier molecular flexibility index (Phi) is 7.48. The number of hydrogen-bond acceptors (Lipinski definition) is 3. The van der Waals surface area contributed by atoms with Crippen LogP contribution in [0.3, 0.4) is 0 Å². The van der Waals surface area contributed by atoms with Crippen LogP contribution in [0.5, 0.6) is 5.75 Å². The van der Waals surface area contributed by atoms with Gasteiger partial charge in [0.25, 0.3) is 0 Å². The van der Waals surface area contributed by atoms with Crippen LogP contribution in [0.2, 0.25) is 0 Å². The number of benzene rings is 2. The fourth-order valence-corrected chi connectivity index (χ4v) is 2.95. The molecule has 3 aromatic rings. The van der Waals surface area contributed by atoms with Gasteiger partial charge < -0.3 is 14.0 Å². The van der Waals surface area contributed by atoms with Gasteiger partial charge in [0.05, 0.1) is 13.7 Å². The molecule has 0 aliphatic carbocycles. The number of carbonyl (C=O) groups excluding carboxylic acids is 1. The average molecular weight is 447 g/mol. The van der Waals surface area contributed by atoms with E-state index < -0.39 is 19.0 Å². The Hall–Kier alpha value is -3.39. The lowest BCUT2D eigenvalue weighted by molar-refractivity contribution is -0.168. The van der Waals surface area contributed by atoms with E-state index in [-0.39, 0.29) is 12.4 Å². The molecule has 0 radical (unpaired) electrons. The van der Waals surface area contributed by atoms with E-state index in [9.17, 15) is 22.4 Å². The zero-order valence-corrected chi connectivity index (χ0v) is 17.2. The number of halogens is 4. The van der Waals surface area contributed by atoms with Crippen LogP contribution in [-0.2, 0) is 11.3 Å². The second kappa shape index (κ2) is 10.3. The van der Waals surface area contributed by atoms with Crippen LogP contribution in [-0.4, -0.2) is 36.4 Å². The number of ether oxygens (including phenoxy) is 2. The van der Waals surface area contributed by atoms with Crippen molar-refractivity contribution in [1.82, 2.24) is 4.57 Å². The summed E-state index contributed by atoms with van der Waals surface area (Å²) in [4.78, 5) is 12.5. The van der Waals surface area contributed by atoms with Gasteiger partial charge in [0, 0.05) is 29.2 Å². The van der Waals surface area contributed by atoms with E-state index in [2.05, 4.69) is 0 Å². The monoisotopic (exact) mass is 447 g/mol. The van der Waals surface area contributed by atoms with Crippen molar-refractivity contribution >= 4 is 11.9 Å². The summed E-state index contributed by atoms with van der Waals surface area (Å²) in [6.07, 6.45) is 2.95. The van der Waals surface area contributed by atoms with Gasteiger partial charge in [0.15, 0.2) is 5.78 Å². The van der Waals surface area contributed by atoms with Gasteiger partial charge in [-0.1, -0.05) is 12.1 Å². The number of hydrogen-bond donors (Lipinski definition) is 0. The van der Waals surface area contributed by atoms with E-state index in [4.69, 9.17) is 9.47 Å². The van der Waals surface area contributed by atoms with E-state index in [0.29, 0.717) is 22.4 Å². The lowest BCUT2D eigenvalue weighted by Gasteiger charge is -2.16. The Bertz CT molecular complexity index is 1060. The summed E-state index contributed by atoms with van der Waals surface area (Å²) >= 11 is 0. The molecule has 0 atom stereocenters. The first kappa shape index (κ1) is 23.3. The predicted molar refractivity (Wildman–Crippen MR) is 113 cm³/mol. The van der Waals surface area contributed by atoms with Crippen molar-refractivity contribution in [2.24, 2.45) is 0 Å². The highest BCUT2D eigenvalue weighted by Crippen LogP contribution is 2.26. The van der Waals surface area contributed by atoms with Crippen LogP contribution in [0.4, 0.5) is 17.6 Å². The third kappa shape index (κ3) is 5.85. The Morgan fingerprint density at radius 2 is 1.78 bits per heavy atom. The molecule has 1 aromatic heterocycles. The van der Waals surface area contributed by atoms with Gasteiger partial charge in [-0.2, -0.15) is 8.78 Å². The zero-order chi connectivity index (χ0) is 23.1. The number of alkyl halides is 4. The van der Waals surface area contributed by atoms with Crippen LogP contribution >= 0.6 is 0 Å². The quantitative estimate of drug-likeness (QED) is 0.224. The third-order valence-corrected chi connectivity index (χ3v) is 4.66. The van der Waals surface area contributed by atoms with Gasteiger partial charge in [-0.25, -0.2) is 8.78 Å². The minimum absolute atomic E-state index is 0.214. The number of methoxy groups -OCH3 is 1. The van der Waals surface area contributed by atoms with Crippen molar-refractivity contribution in [2.45, 2.75) is 19.0 Å². The Morgan fingerprint density at radius 1 is 1.09 bits per heavy atom. The number of aromatic nitrogens is 1. The highest BCUT2D eigenvalue weighted by Gasteiger charge is 2.40. The molecule has 1 heterocycles. The Labute approximate surface area is 182 Å². The summed E-state index contributed by atoms with van der Waals surface area (Å²) in [6, 6.07) is 15.8. The SMILES string of the molecule is COc1ccc(/C=C/C(=O)c2ccc(-n3cccc3)cc2)cc1COCC(F)(F)C(F)F. The summed E-state index contributed by atoms with van der Waals surface area (Å²) < 4.78 is 62.4. The van der Waals surface area contributed by atoms with Gasteiger partial charge in [0.1, 0.15) is 12.4 Å². The molecule has 0 spiro atoms. The third-order valence-electron chi connectivity index (χ3n) is 4.66. The van der Waals surface area contributed by atoms with Crippen LogP contribution in [0.15, 0.2) is 73.1 Å². The molecular formula is C24H21F4NO3. The van der Waals surface area contributed by atoms with Crippen LogP contribution in [0.25, 0.3) is 11.8 Å². The molecule has 0 saturated heterocycles. The molecule has 0 N–H and O–H groups in total. The summed E-state index contributed by atoms with van der Waals surface area (Å²) in [5.74, 6) is -4.09. The first-order valence-electron chi connectivity index (χ1n) is 9.66. The molecule has 0 aliphatic rings. The van der Waals surface area contributed by atoms with E-state index in [1.54, 1.807) is 36.4 Å². The fraction of sp³-hybridized carbons (Fsp3) is 0.208. The molecule has 2 aromatic carbocycles. The molecule has 8 heteroatoms. The fourth-order valence-electron chi connectivity index (χ4n) is 2.95. The molecule has 0 unspecified atom stereocenters. The lowest BCUT2D eigenvalue weighted by Crippen LogP contribution is -2.32. The summed E-state index contributed by atoms with van der Waals surface area (Å²) in [6.45, 7) is -1.76. The molecular weight excluding hydrogens is 426 g/mol. The Morgan fingerprint density at radius 3 is 2.41 bits per heavy atom. The van der Waals surface area contributed by atoms with Gasteiger partial charge in [-0.05, 0) is 60.2 Å². The maximum Gasteiger partial charge on any atom is 0.330 e. The number of ketones is 1. The first-order valence-corrected chi connectivity index (χ1v) is 9.66. The normalized spacial score (nSPS) is 11.9. The van der Waals surface area contributed by atoms with E-state index in [1.807, 2.05) is 41.2 Å². The number of allylic oxidation sites excluding steroid dienone is 1. The smallest absolute Gasteiger partial charge is 0.330 e. The van der Waals surface area contributed by atoms with E-state index >= 15 is 0 Å². The molecule has 0 fully saturated rings. The van der Waals surface area contributed by atoms with Gasteiger partial charge in [0.2, 0.25) is 0 Å². The van der Waals surface area contributed by atoms with Crippen molar-refractivity contribution in [3.63, 3.8) is 0 Å². The molecule has 168 valence electrons. The molecule has 32 heavy (non-hydrogen) atoms. The van der Waals surface area contributed by atoms with Crippen molar-refractivity contribution in [3.05, 3.63) is 89.8 Å². The maximum atomic E-state index is 13.0. The maximum absolute atomic E-state index is 13.0. The summed E-state index contributed by atoms with van der Waals surface area (Å²) in [5, 5.41) is 0. The second-order valence-electron chi connectivity index (χ2n) is 6.96. The van der Waals surface area contributed by atoms with Crippen LogP contribution < -0.4 is 4.74 Å². The zero-order valence-electron chi connectivity index (χ0n) is 17.2. The summed E-state index contributed by atoms with van der Waals surface area (Å²) in [5.41, 5.74) is 2.42. The first-order chi connectivity index (χ1) is 15.3. The highest BCUT2D eigenvalue weighted by molar-refractivity contribution is 6.06. The number of rotatable bonds is 10. The van der Waals surface area contributed by atoms with Crippen molar-refractivity contribution in [2.75, 3.05) is 13.7 Å². The van der Waals surface area contributed by atoms with Crippen molar-refractivity contribution < 1.29 is 31.8 Å². The molecule has 4 nitrogen and oxygen atoms in total. The topological polar surface area (TPSA) is 40.5 Å². The molecule has 0 saturated carbocycles. The van der Waals surface area contributed by atoms with Crippen molar-refractivity contribution in [1.29, 1.82) is 0 Å². The lowest BCUT2D eigenvalue weighted by atomic mass is 10.1. The molecule has 0 bridgehead atoms. The minimum Gasteiger partial charge on any atom is -0.496 e. The molecule has 3 rings (SSSR count). The van der Waals surface area contributed by atoms with Crippen LogP contribution in [0.1, 0.15) is 21.5 Å². The highest BCUT2D eigenvalue weighted by atomic mass is 19.3. The van der Waals surface area contributed by atoms with Crippen LogP contribution in [0, 0.1) is 0 Å². The largest absolute Gasteiger partial charge is 0.496 e. The van der Waals surface area contributed by atoms with E-state index in [0.717, 1.165) is 5.69 Å². The Balaban J connectivity index is 1.67. The standard InChI is InChI=1S/C24H21F4NO3/c1-31-22-11-5-17(14-19(22)15-32-16-24(27,28)23(25)26)4-10-21(30)18-6-8-20(9-7-18)29-12-2-3-13-29/h2-14,23H,15-16H2,1H3/b10-4+. The van der Waals surface area contributed by atoms with Gasteiger partial charge in [-0.15, -0.1) is 0 Å². The summed E-state index contributed by atoms with van der Waals surface area (Å²) in [7, 11) is 1.39. The average Bonchev–Trinajstić information content (AvgIpc) is 3.32. The second-order valence-corrected chi connectivity index (χ2v) is 6.96. The van der Waals surface area contributed by atoms with Crippen molar-refractivity contribution in [3.8, 4) is 11.4 Å². The van der Waals surface area contributed by atoms with Gasteiger partial charge in [-0.3, -0.25) is 4.79 Å². The predicted octanol–water partition coefficient (Wildman–Crippen LogP) is 5.80. The number of nitrogens with zero attached hydrogens (tertiary/aromatic N) is 1. The molecule has 0 amide bonds. The van der Waals surface area contributed by atoms with Gasteiger partial charge >= 0.3 is 12.3 Å². The molecule has 0 aliphatic heterocycles. The van der Waals surface area contributed by atoms with E-state index in [1.165, 1.54) is 13.2 Å². The minimum atomic E-state index is -4.23. The number of carbonyl (C=O) groups is 1.